The van der Waals surface area contributed by atoms with E-state index in [4.69, 9.17) is 10.5 Å². The van der Waals surface area contributed by atoms with E-state index >= 15 is 0 Å². The number of hydrogen-bond acceptors (Lipinski definition) is 3. The van der Waals surface area contributed by atoms with E-state index < -0.39 is 0 Å². The fraction of sp³-hybridized carbons (Fsp3) is 0.500. The number of anilines is 1. The van der Waals surface area contributed by atoms with Crippen molar-refractivity contribution in [2.24, 2.45) is 0 Å². The molecule has 4 heteroatoms. The largest absolute Gasteiger partial charge is 0.484 e. The van der Waals surface area contributed by atoms with Crippen LogP contribution < -0.4 is 10.5 Å². The average molecular weight is 248 g/mol. The highest BCUT2D eigenvalue weighted by Gasteiger charge is 2.15. The molecule has 0 aliphatic carbocycles. The van der Waals surface area contributed by atoms with Crippen LogP contribution in [0.25, 0.3) is 0 Å². The zero-order chi connectivity index (χ0) is 12.8. The predicted molar refractivity (Wildman–Crippen MR) is 71.4 cm³/mol. The molecule has 2 rings (SSSR count). The molecule has 0 radical (unpaired) electrons. The van der Waals surface area contributed by atoms with Crippen LogP contribution in [0.15, 0.2) is 24.3 Å². The van der Waals surface area contributed by atoms with Gasteiger partial charge in [-0.3, -0.25) is 4.79 Å². The lowest BCUT2D eigenvalue weighted by Gasteiger charge is -2.20. The minimum atomic E-state index is 0.0775. The third-order valence-electron chi connectivity index (χ3n) is 3.20. The smallest absolute Gasteiger partial charge is 0.260 e. The van der Waals surface area contributed by atoms with Gasteiger partial charge in [-0.05, 0) is 37.1 Å². The van der Waals surface area contributed by atoms with E-state index in [1.807, 2.05) is 4.90 Å². The van der Waals surface area contributed by atoms with Crippen LogP contribution in [0.3, 0.4) is 0 Å². The summed E-state index contributed by atoms with van der Waals surface area (Å²) in [4.78, 5) is 13.9. The summed E-state index contributed by atoms with van der Waals surface area (Å²) in [6.07, 6.45) is 4.66. The Balaban J connectivity index is 1.81. The Hall–Kier alpha value is -1.71. The number of amides is 1. The van der Waals surface area contributed by atoms with Crippen LogP contribution >= 0.6 is 0 Å². The first-order chi connectivity index (χ1) is 8.75. The molecule has 18 heavy (non-hydrogen) atoms. The molecule has 1 saturated heterocycles. The summed E-state index contributed by atoms with van der Waals surface area (Å²) in [6.45, 7) is 1.85. The van der Waals surface area contributed by atoms with Crippen LogP contribution in [-0.4, -0.2) is 30.5 Å². The van der Waals surface area contributed by atoms with Crippen LogP contribution in [0.4, 0.5) is 5.69 Å². The zero-order valence-corrected chi connectivity index (χ0v) is 10.6. The number of carbonyl (C=O) groups is 1. The van der Waals surface area contributed by atoms with Gasteiger partial charge in [0.2, 0.25) is 0 Å². The minimum absolute atomic E-state index is 0.0775. The first-order valence-electron chi connectivity index (χ1n) is 6.52. The fourth-order valence-corrected chi connectivity index (χ4v) is 2.12. The van der Waals surface area contributed by atoms with Crippen molar-refractivity contribution >= 4 is 11.6 Å². The molecule has 1 heterocycles. The fourth-order valence-electron chi connectivity index (χ4n) is 2.12. The number of benzene rings is 1. The van der Waals surface area contributed by atoms with Gasteiger partial charge in [-0.25, -0.2) is 0 Å². The Morgan fingerprint density at radius 2 is 1.72 bits per heavy atom. The van der Waals surface area contributed by atoms with E-state index in [0.29, 0.717) is 11.4 Å². The van der Waals surface area contributed by atoms with Gasteiger partial charge in [-0.2, -0.15) is 0 Å². The summed E-state index contributed by atoms with van der Waals surface area (Å²) in [6, 6.07) is 7.10. The maximum absolute atomic E-state index is 12.0. The first-order valence-corrected chi connectivity index (χ1v) is 6.52. The lowest BCUT2D eigenvalue weighted by atomic mass is 10.2. The van der Waals surface area contributed by atoms with Crippen molar-refractivity contribution in [3.05, 3.63) is 24.3 Å². The minimum Gasteiger partial charge on any atom is -0.484 e. The number of ether oxygens (including phenoxy) is 1. The Bertz CT molecular complexity index is 381. The molecule has 1 fully saturated rings. The molecule has 0 bridgehead atoms. The third kappa shape index (κ3) is 3.65. The molecule has 2 N–H and O–H groups in total. The first kappa shape index (κ1) is 12.7. The number of nitrogens with zero attached hydrogens (tertiary/aromatic N) is 1. The van der Waals surface area contributed by atoms with E-state index in [1.54, 1.807) is 24.3 Å². The van der Waals surface area contributed by atoms with Crippen molar-refractivity contribution in [2.75, 3.05) is 25.4 Å². The van der Waals surface area contributed by atoms with Gasteiger partial charge in [0.05, 0.1) is 0 Å². The standard InChI is InChI=1S/C14H20N2O2/c15-12-5-7-13(8-6-12)18-11-14(17)16-9-3-1-2-4-10-16/h5-8H,1-4,9-11,15H2. The molecule has 0 saturated carbocycles. The normalized spacial score (nSPS) is 16.1. The van der Waals surface area contributed by atoms with Crippen molar-refractivity contribution in [1.29, 1.82) is 0 Å². The highest BCUT2D eigenvalue weighted by molar-refractivity contribution is 5.77. The average Bonchev–Trinajstić information content (AvgIpc) is 2.66. The zero-order valence-electron chi connectivity index (χ0n) is 10.6. The van der Waals surface area contributed by atoms with Crippen LogP contribution in [-0.2, 0) is 4.79 Å². The van der Waals surface area contributed by atoms with Crippen molar-refractivity contribution < 1.29 is 9.53 Å². The van der Waals surface area contributed by atoms with E-state index in [-0.39, 0.29) is 12.5 Å². The molecule has 98 valence electrons. The van der Waals surface area contributed by atoms with Crippen LogP contribution in [0.1, 0.15) is 25.7 Å². The lowest BCUT2D eigenvalue weighted by Crippen LogP contribution is -2.35. The van der Waals surface area contributed by atoms with Crippen molar-refractivity contribution in [3.63, 3.8) is 0 Å². The predicted octanol–water partition coefficient (Wildman–Crippen LogP) is 2.05. The Labute approximate surface area is 108 Å². The number of rotatable bonds is 3. The molecule has 0 atom stereocenters. The molecular weight excluding hydrogens is 228 g/mol. The van der Waals surface area contributed by atoms with Crippen LogP contribution in [0.2, 0.25) is 0 Å². The molecule has 0 aromatic heterocycles. The second kappa shape index (κ2) is 6.28. The van der Waals surface area contributed by atoms with E-state index in [9.17, 15) is 4.79 Å². The summed E-state index contributed by atoms with van der Waals surface area (Å²) in [5, 5.41) is 0. The maximum atomic E-state index is 12.0. The van der Waals surface area contributed by atoms with E-state index in [2.05, 4.69) is 0 Å². The van der Waals surface area contributed by atoms with Crippen molar-refractivity contribution in [1.82, 2.24) is 4.90 Å². The van der Waals surface area contributed by atoms with Gasteiger partial charge in [-0.15, -0.1) is 0 Å². The summed E-state index contributed by atoms with van der Waals surface area (Å²) in [5.74, 6) is 0.765. The van der Waals surface area contributed by atoms with Crippen molar-refractivity contribution in [2.45, 2.75) is 25.7 Å². The second-order valence-corrected chi connectivity index (χ2v) is 4.65. The quantitative estimate of drug-likeness (QED) is 0.833. The van der Waals surface area contributed by atoms with Gasteiger partial charge in [0, 0.05) is 18.8 Å². The highest BCUT2D eigenvalue weighted by atomic mass is 16.5. The van der Waals surface area contributed by atoms with Crippen LogP contribution in [0.5, 0.6) is 5.75 Å². The molecule has 1 aliphatic rings. The number of hydrogen-bond donors (Lipinski definition) is 1. The molecule has 0 spiro atoms. The topological polar surface area (TPSA) is 55.6 Å². The molecule has 4 nitrogen and oxygen atoms in total. The monoisotopic (exact) mass is 248 g/mol. The molecule has 0 unspecified atom stereocenters. The lowest BCUT2D eigenvalue weighted by molar-refractivity contribution is -0.133. The molecule has 1 aromatic rings. The van der Waals surface area contributed by atoms with Crippen molar-refractivity contribution in [3.8, 4) is 5.75 Å². The highest BCUT2D eigenvalue weighted by Crippen LogP contribution is 2.14. The summed E-state index contributed by atoms with van der Waals surface area (Å²) in [7, 11) is 0. The van der Waals surface area contributed by atoms with Gasteiger partial charge in [0.1, 0.15) is 5.75 Å². The van der Waals surface area contributed by atoms with Gasteiger partial charge >= 0.3 is 0 Å². The molecular formula is C14H20N2O2. The Kier molecular flexibility index (Phi) is 4.45. The molecule has 1 aliphatic heterocycles. The summed E-state index contributed by atoms with van der Waals surface area (Å²) < 4.78 is 5.47. The SMILES string of the molecule is Nc1ccc(OCC(=O)N2CCCCCC2)cc1. The second-order valence-electron chi connectivity index (χ2n) is 4.65. The Morgan fingerprint density at radius 1 is 1.11 bits per heavy atom. The number of nitrogen functional groups attached to an aromatic ring is 1. The van der Waals surface area contributed by atoms with Crippen LogP contribution in [0, 0.1) is 0 Å². The Morgan fingerprint density at radius 3 is 2.33 bits per heavy atom. The third-order valence-corrected chi connectivity index (χ3v) is 3.20. The van der Waals surface area contributed by atoms with Gasteiger partial charge in [0.25, 0.3) is 5.91 Å². The van der Waals surface area contributed by atoms with E-state index in [0.717, 1.165) is 25.9 Å². The van der Waals surface area contributed by atoms with Gasteiger partial charge < -0.3 is 15.4 Å². The summed E-state index contributed by atoms with van der Waals surface area (Å²) in [5.41, 5.74) is 6.28. The summed E-state index contributed by atoms with van der Waals surface area (Å²) >= 11 is 0. The molecule has 1 amide bonds. The molecule has 1 aromatic carbocycles. The number of likely N-dealkylation sites (tertiary alicyclic amines) is 1. The van der Waals surface area contributed by atoms with Gasteiger partial charge in [-0.1, -0.05) is 12.8 Å². The van der Waals surface area contributed by atoms with E-state index in [1.165, 1.54) is 12.8 Å². The van der Waals surface area contributed by atoms with Gasteiger partial charge in [0.15, 0.2) is 6.61 Å². The maximum Gasteiger partial charge on any atom is 0.260 e. The number of nitrogens with two attached hydrogens (primary N) is 1. The number of carbonyl (C=O) groups excluding carboxylic acids is 1.